The van der Waals surface area contributed by atoms with Gasteiger partial charge in [-0.2, -0.15) is 0 Å². The Hall–Kier alpha value is -3.49. The third kappa shape index (κ3) is 6.00. The van der Waals surface area contributed by atoms with Crippen LogP contribution in [0, 0.1) is 5.82 Å². The van der Waals surface area contributed by atoms with E-state index in [0.717, 1.165) is 17.9 Å². The minimum atomic E-state index is -1.09. The summed E-state index contributed by atoms with van der Waals surface area (Å²) in [5, 5.41) is 9.55. The van der Waals surface area contributed by atoms with Crippen LogP contribution in [0.2, 0.25) is 0 Å². The van der Waals surface area contributed by atoms with Crippen molar-refractivity contribution in [1.82, 2.24) is 9.55 Å². The maximum absolute atomic E-state index is 13.1. The quantitative estimate of drug-likeness (QED) is 0.353. The molecule has 1 heterocycles. The molecule has 0 atom stereocenters. The van der Waals surface area contributed by atoms with Crippen LogP contribution in [0.1, 0.15) is 42.6 Å². The predicted octanol–water partition coefficient (Wildman–Crippen LogP) is 3.19. The zero-order valence-electron chi connectivity index (χ0n) is 16.4. The summed E-state index contributed by atoms with van der Waals surface area (Å²) >= 11 is 0. The Labute approximate surface area is 166 Å². The van der Waals surface area contributed by atoms with Crippen molar-refractivity contribution in [2.45, 2.75) is 32.8 Å². The molecule has 1 aromatic carbocycles. The van der Waals surface area contributed by atoms with E-state index in [1.54, 1.807) is 20.8 Å². The third-order valence-electron chi connectivity index (χ3n) is 3.56. The van der Waals surface area contributed by atoms with Crippen molar-refractivity contribution in [1.29, 1.82) is 0 Å². The highest BCUT2D eigenvalue weighted by Crippen LogP contribution is 2.16. The van der Waals surface area contributed by atoms with E-state index in [-0.39, 0.29) is 17.9 Å². The van der Waals surface area contributed by atoms with Crippen molar-refractivity contribution >= 4 is 17.8 Å². The second kappa shape index (κ2) is 8.68. The average Bonchev–Trinajstić information content (AvgIpc) is 3.05. The topological polar surface area (TPSA) is 108 Å². The van der Waals surface area contributed by atoms with Crippen LogP contribution in [0.3, 0.4) is 0 Å². The van der Waals surface area contributed by atoms with E-state index >= 15 is 0 Å². The molecule has 0 fully saturated rings. The summed E-state index contributed by atoms with van der Waals surface area (Å²) < 4.78 is 23.8. The van der Waals surface area contributed by atoms with E-state index in [1.165, 1.54) is 24.3 Å². The number of aromatic nitrogens is 2. The fraction of sp³-hybridized carbons (Fsp3) is 0.300. The van der Waals surface area contributed by atoms with E-state index in [0.29, 0.717) is 11.6 Å². The fourth-order valence-electron chi connectivity index (χ4n) is 2.28. The zero-order valence-corrected chi connectivity index (χ0v) is 16.4. The highest BCUT2D eigenvalue weighted by molar-refractivity contribution is 6.07. The fourth-order valence-corrected chi connectivity index (χ4v) is 2.28. The van der Waals surface area contributed by atoms with E-state index in [4.69, 9.17) is 4.74 Å². The Morgan fingerprint density at radius 1 is 1.21 bits per heavy atom. The Balaban J connectivity index is 2.41. The van der Waals surface area contributed by atoms with Gasteiger partial charge in [0, 0.05) is 18.7 Å². The predicted molar refractivity (Wildman–Crippen MR) is 100 cm³/mol. The van der Waals surface area contributed by atoms with Gasteiger partial charge >= 0.3 is 12.1 Å². The number of imidazole rings is 1. The van der Waals surface area contributed by atoms with E-state index in [1.807, 2.05) is 0 Å². The molecule has 154 valence electrons. The van der Waals surface area contributed by atoms with Crippen molar-refractivity contribution < 1.29 is 33.4 Å². The van der Waals surface area contributed by atoms with Crippen LogP contribution in [-0.2, 0) is 20.7 Å². The SMILES string of the molecule is COC(=O)/C(O)=C/C(=O)c1cn(C(=O)OC(C)(C)C)c(Cc2ccc(F)cc2)n1. The minimum Gasteiger partial charge on any atom is -0.502 e. The number of aliphatic hydroxyl groups excluding tert-OH is 1. The van der Waals surface area contributed by atoms with E-state index in [2.05, 4.69) is 9.72 Å². The normalized spacial score (nSPS) is 11.8. The van der Waals surface area contributed by atoms with Crippen molar-refractivity contribution in [3.63, 3.8) is 0 Å². The lowest BCUT2D eigenvalue weighted by molar-refractivity contribution is -0.139. The summed E-state index contributed by atoms with van der Waals surface area (Å²) in [6.07, 6.45) is 1.15. The summed E-state index contributed by atoms with van der Waals surface area (Å²) in [7, 11) is 1.05. The van der Waals surface area contributed by atoms with Gasteiger partial charge in [0.15, 0.2) is 0 Å². The lowest BCUT2D eigenvalue weighted by atomic mass is 10.1. The van der Waals surface area contributed by atoms with Crippen molar-refractivity contribution in [3.8, 4) is 0 Å². The van der Waals surface area contributed by atoms with Gasteiger partial charge in [-0.05, 0) is 38.5 Å². The Kier molecular flexibility index (Phi) is 6.53. The van der Waals surface area contributed by atoms with Crippen LogP contribution < -0.4 is 0 Å². The molecule has 0 aliphatic rings. The van der Waals surface area contributed by atoms with Crippen LogP contribution in [-0.4, -0.2) is 45.2 Å². The summed E-state index contributed by atoms with van der Waals surface area (Å²) in [6, 6.07) is 5.57. The third-order valence-corrected chi connectivity index (χ3v) is 3.56. The molecule has 0 amide bonds. The minimum absolute atomic E-state index is 0.111. The number of carbonyl (C=O) groups is 3. The number of esters is 1. The Bertz CT molecular complexity index is 954. The molecule has 8 nitrogen and oxygen atoms in total. The second-order valence-electron chi connectivity index (χ2n) is 7.08. The van der Waals surface area contributed by atoms with Gasteiger partial charge in [-0.1, -0.05) is 12.1 Å². The van der Waals surface area contributed by atoms with E-state index in [9.17, 15) is 23.9 Å². The maximum atomic E-state index is 13.1. The first kappa shape index (κ1) is 21.8. The van der Waals surface area contributed by atoms with Gasteiger partial charge in [0.2, 0.25) is 11.5 Å². The Morgan fingerprint density at radius 2 is 1.83 bits per heavy atom. The molecule has 0 aliphatic heterocycles. The van der Waals surface area contributed by atoms with Gasteiger partial charge in [-0.3, -0.25) is 4.79 Å². The molecule has 0 bridgehead atoms. The number of allylic oxidation sites excluding steroid dienone is 1. The summed E-state index contributed by atoms with van der Waals surface area (Å²) in [5.41, 5.74) is -0.334. The number of halogens is 1. The monoisotopic (exact) mass is 404 g/mol. The first-order chi connectivity index (χ1) is 13.5. The number of rotatable bonds is 5. The molecule has 2 aromatic rings. The largest absolute Gasteiger partial charge is 0.502 e. The van der Waals surface area contributed by atoms with Crippen molar-refractivity contribution in [2.24, 2.45) is 0 Å². The molecule has 1 N–H and O–H groups in total. The summed E-state index contributed by atoms with van der Waals surface area (Å²) in [6.45, 7) is 5.06. The van der Waals surface area contributed by atoms with Crippen LogP contribution in [0.5, 0.6) is 0 Å². The number of hydrogen-bond donors (Lipinski definition) is 1. The van der Waals surface area contributed by atoms with Gasteiger partial charge < -0.3 is 14.6 Å². The molecule has 0 radical (unpaired) electrons. The van der Waals surface area contributed by atoms with Crippen LogP contribution in [0.15, 0.2) is 42.3 Å². The molecule has 0 saturated heterocycles. The van der Waals surface area contributed by atoms with Crippen molar-refractivity contribution in [3.05, 3.63) is 65.2 Å². The lowest BCUT2D eigenvalue weighted by Gasteiger charge is -2.20. The second-order valence-corrected chi connectivity index (χ2v) is 7.08. The molecule has 9 heteroatoms. The molecule has 29 heavy (non-hydrogen) atoms. The number of ether oxygens (including phenoxy) is 2. The molecule has 1 aromatic heterocycles. The highest BCUT2D eigenvalue weighted by atomic mass is 19.1. The number of ketones is 1. The molecule has 0 saturated carbocycles. The molecule has 0 spiro atoms. The number of carbonyl (C=O) groups excluding carboxylic acids is 3. The van der Waals surface area contributed by atoms with Crippen LogP contribution in [0.25, 0.3) is 0 Å². The molecule has 2 rings (SSSR count). The van der Waals surface area contributed by atoms with Gasteiger partial charge in [-0.25, -0.2) is 23.5 Å². The standard InChI is InChI=1S/C20H21FN2O6/c1-20(2,3)29-19(27)23-11-14(15(24)10-16(25)18(26)28-4)22-17(23)9-12-5-7-13(21)8-6-12/h5-8,10-11,25H,9H2,1-4H3/b16-10-. The first-order valence-electron chi connectivity index (χ1n) is 8.59. The smallest absolute Gasteiger partial charge is 0.420 e. The van der Waals surface area contributed by atoms with Crippen molar-refractivity contribution in [2.75, 3.05) is 7.11 Å². The molecule has 0 aliphatic carbocycles. The summed E-state index contributed by atoms with van der Waals surface area (Å²) in [4.78, 5) is 40.2. The molecule has 0 unspecified atom stereocenters. The molecular weight excluding hydrogens is 383 g/mol. The van der Waals surface area contributed by atoms with Crippen LogP contribution in [0.4, 0.5) is 9.18 Å². The van der Waals surface area contributed by atoms with Gasteiger partial charge in [0.05, 0.1) is 7.11 Å². The van der Waals surface area contributed by atoms with Crippen LogP contribution >= 0.6 is 0 Å². The average molecular weight is 404 g/mol. The number of benzene rings is 1. The van der Waals surface area contributed by atoms with E-state index < -0.39 is 35.0 Å². The number of aliphatic hydroxyl groups is 1. The highest BCUT2D eigenvalue weighted by Gasteiger charge is 2.23. The Morgan fingerprint density at radius 3 is 2.38 bits per heavy atom. The molecular formula is C20H21FN2O6. The maximum Gasteiger partial charge on any atom is 0.420 e. The number of methoxy groups -OCH3 is 1. The van der Waals surface area contributed by atoms with Gasteiger partial charge in [0.25, 0.3) is 0 Å². The van der Waals surface area contributed by atoms with Gasteiger partial charge in [0.1, 0.15) is 22.9 Å². The summed E-state index contributed by atoms with van der Waals surface area (Å²) in [5.74, 6) is -3.04. The zero-order chi connectivity index (χ0) is 21.8. The lowest BCUT2D eigenvalue weighted by Crippen LogP contribution is -2.27. The first-order valence-corrected chi connectivity index (χ1v) is 8.59. The number of nitrogens with zero attached hydrogens (tertiary/aromatic N) is 2. The number of hydrogen-bond acceptors (Lipinski definition) is 7. The van der Waals surface area contributed by atoms with Gasteiger partial charge in [-0.15, -0.1) is 0 Å².